The number of carbonyl (C=O) groups excluding carboxylic acids is 1. The Kier molecular flexibility index (Phi) is 3.61. The summed E-state index contributed by atoms with van der Waals surface area (Å²) in [4.78, 5) is 23.1. The first-order valence-electron chi connectivity index (χ1n) is 5.60. The maximum atomic E-state index is 11.8. The van der Waals surface area contributed by atoms with Crippen molar-refractivity contribution in [2.75, 3.05) is 0 Å². The molecule has 1 aromatic carbocycles. The van der Waals surface area contributed by atoms with Gasteiger partial charge in [-0.1, -0.05) is 35.5 Å². The largest absolute Gasteiger partial charge is 0.479 e. The minimum atomic E-state index is -1.14. The van der Waals surface area contributed by atoms with Crippen molar-refractivity contribution < 1.29 is 19.2 Å². The van der Waals surface area contributed by atoms with E-state index in [-0.39, 0.29) is 5.69 Å². The van der Waals surface area contributed by atoms with Gasteiger partial charge in [-0.2, -0.15) is 0 Å². The van der Waals surface area contributed by atoms with Gasteiger partial charge in [-0.3, -0.25) is 4.79 Å². The number of nitrogens with zero attached hydrogens (tertiary/aromatic N) is 1. The van der Waals surface area contributed by atoms with Crippen LogP contribution in [0.3, 0.4) is 0 Å². The number of amides is 1. The van der Waals surface area contributed by atoms with Gasteiger partial charge in [0.2, 0.25) is 0 Å². The normalized spacial score (nSPS) is 11.8. The third-order valence-corrected chi connectivity index (χ3v) is 2.52. The van der Waals surface area contributed by atoms with Crippen molar-refractivity contribution >= 4 is 11.9 Å². The number of hydrogen-bond donors (Lipinski definition) is 2. The summed E-state index contributed by atoms with van der Waals surface area (Å²) in [5, 5.41) is 15.1. The second-order valence-corrected chi connectivity index (χ2v) is 3.98. The number of benzene rings is 1. The Morgan fingerprint density at radius 3 is 2.53 bits per heavy atom. The first-order chi connectivity index (χ1) is 9.08. The Labute approximate surface area is 109 Å². The quantitative estimate of drug-likeness (QED) is 0.869. The number of hydrogen-bond acceptors (Lipinski definition) is 4. The Morgan fingerprint density at radius 2 is 2.00 bits per heavy atom. The molecule has 1 amide bonds. The molecular weight excluding hydrogens is 248 g/mol. The highest BCUT2D eigenvalue weighted by Gasteiger charge is 2.23. The first kappa shape index (κ1) is 12.8. The molecule has 0 spiro atoms. The highest BCUT2D eigenvalue weighted by atomic mass is 16.5. The molecule has 2 aromatic rings. The van der Waals surface area contributed by atoms with E-state index in [0.717, 1.165) is 0 Å². The van der Waals surface area contributed by atoms with Gasteiger partial charge in [-0.15, -0.1) is 0 Å². The highest BCUT2D eigenvalue weighted by molar-refractivity contribution is 5.95. The summed E-state index contributed by atoms with van der Waals surface area (Å²) in [7, 11) is 0. The monoisotopic (exact) mass is 260 g/mol. The minimum absolute atomic E-state index is 0.0553. The summed E-state index contributed by atoms with van der Waals surface area (Å²) in [5.41, 5.74) is 0.545. The number of aryl methyl sites for hydroxylation is 1. The number of aromatic nitrogens is 1. The van der Waals surface area contributed by atoms with Crippen LogP contribution in [0, 0.1) is 6.92 Å². The third kappa shape index (κ3) is 2.98. The van der Waals surface area contributed by atoms with E-state index in [4.69, 9.17) is 9.63 Å². The Balaban J connectivity index is 2.18. The van der Waals surface area contributed by atoms with Crippen LogP contribution in [0.2, 0.25) is 0 Å². The summed E-state index contributed by atoms with van der Waals surface area (Å²) in [6.07, 6.45) is 0. The van der Waals surface area contributed by atoms with Gasteiger partial charge in [0.25, 0.3) is 5.91 Å². The number of rotatable bonds is 4. The fraction of sp³-hybridized carbons (Fsp3) is 0.154. The topological polar surface area (TPSA) is 92.4 Å². The molecule has 0 bridgehead atoms. The van der Waals surface area contributed by atoms with Gasteiger partial charge in [-0.05, 0) is 12.5 Å². The van der Waals surface area contributed by atoms with Gasteiger partial charge >= 0.3 is 5.97 Å². The van der Waals surface area contributed by atoms with E-state index in [0.29, 0.717) is 11.3 Å². The van der Waals surface area contributed by atoms with Crippen LogP contribution >= 0.6 is 0 Å². The maximum absolute atomic E-state index is 11.8. The molecule has 0 saturated heterocycles. The van der Waals surface area contributed by atoms with E-state index < -0.39 is 17.9 Å². The molecule has 1 heterocycles. The fourth-order valence-electron chi connectivity index (χ4n) is 1.61. The number of carboxylic acid groups (broad SMARTS) is 1. The van der Waals surface area contributed by atoms with E-state index in [2.05, 4.69) is 10.5 Å². The zero-order valence-electron chi connectivity index (χ0n) is 10.2. The van der Waals surface area contributed by atoms with E-state index >= 15 is 0 Å². The molecule has 2 N–H and O–H groups in total. The molecule has 1 unspecified atom stereocenters. The van der Waals surface area contributed by atoms with Crippen molar-refractivity contribution in [3.05, 3.63) is 53.4 Å². The zero-order valence-corrected chi connectivity index (χ0v) is 10.2. The summed E-state index contributed by atoms with van der Waals surface area (Å²) >= 11 is 0. The van der Waals surface area contributed by atoms with Crippen LogP contribution in [-0.4, -0.2) is 22.1 Å². The van der Waals surface area contributed by atoms with E-state index in [1.54, 1.807) is 37.3 Å². The van der Waals surface area contributed by atoms with Crippen LogP contribution in [-0.2, 0) is 4.79 Å². The Hall–Kier alpha value is -2.63. The maximum Gasteiger partial charge on any atom is 0.330 e. The summed E-state index contributed by atoms with van der Waals surface area (Å²) in [6.45, 7) is 1.65. The summed E-state index contributed by atoms with van der Waals surface area (Å²) in [5.74, 6) is -1.25. The number of aliphatic carboxylic acids is 1. The van der Waals surface area contributed by atoms with E-state index in [9.17, 15) is 9.59 Å². The first-order valence-corrected chi connectivity index (χ1v) is 5.60. The van der Waals surface area contributed by atoms with Crippen molar-refractivity contribution in [1.29, 1.82) is 0 Å². The molecule has 1 aromatic heterocycles. The SMILES string of the molecule is Cc1cc(C(=O)NC(C(=O)O)c2ccccc2)no1. The molecule has 0 aliphatic carbocycles. The molecule has 0 saturated carbocycles. The van der Waals surface area contributed by atoms with E-state index in [1.807, 2.05) is 0 Å². The lowest BCUT2D eigenvalue weighted by atomic mass is 10.1. The Morgan fingerprint density at radius 1 is 1.32 bits per heavy atom. The second kappa shape index (κ2) is 5.34. The van der Waals surface area contributed by atoms with Crippen molar-refractivity contribution in [1.82, 2.24) is 10.5 Å². The van der Waals surface area contributed by atoms with Gasteiger partial charge in [-0.25, -0.2) is 4.79 Å². The number of nitrogens with one attached hydrogen (secondary N) is 1. The molecule has 0 radical (unpaired) electrons. The standard InChI is InChI=1S/C13H12N2O4/c1-8-7-10(15-19-8)12(16)14-11(13(17)18)9-5-3-2-4-6-9/h2-7,11H,1H3,(H,14,16)(H,17,18). The van der Waals surface area contributed by atoms with Gasteiger partial charge in [0.05, 0.1) is 0 Å². The Bertz CT molecular complexity index is 592. The van der Waals surface area contributed by atoms with Crippen molar-refractivity contribution in [2.45, 2.75) is 13.0 Å². The molecule has 6 heteroatoms. The summed E-state index contributed by atoms with van der Waals surface area (Å²) in [6, 6.07) is 8.77. The molecule has 0 aliphatic rings. The predicted octanol–water partition coefficient (Wildman–Crippen LogP) is 1.54. The van der Waals surface area contributed by atoms with Crippen LogP contribution in [0.15, 0.2) is 40.9 Å². The third-order valence-electron chi connectivity index (χ3n) is 2.52. The second-order valence-electron chi connectivity index (χ2n) is 3.98. The van der Waals surface area contributed by atoms with Crippen molar-refractivity contribution in [2.24, 2.45) is 0 Å². The predicted molar refractivity (Wildman–Crippen MR) is 65.5 cm³/mol. The van der Waals surface area contributed by atoms with E-state index in [1.165, 1.54) is 6.07 Å². The summed E-state index contributed by atoms with van der Waals surface area (Å²) < 4.78 is 4.78. The van der Waals surface area contributed by atoms with Crippen LogP contribution in [0.5, 0.6) is 0 Å². The van der Waals surface area contributed by atoms with Crippen LogP contribution < -0.4 is 5.32 Å². The smallest absolute Gasteiger partial charge is 0.330 e. The molecule has 98 valence electrons. The molecule has 6 nitrogen and oxygen atoms in total. The minimum Gasteiger partial charge on any atom is -0.479 e. The lowest BCUT2D eigenvalue weighted by Crippen LogP contribution is -2.33. The average molecular weight is 260 g/mol. The lowest BCUT2D eigenvalue weighted by molar-refractivity contribution is -0.139. The highest BCUT2D eigenvalue weighted by Crippen LogP contribution is 2.13. The number of carboxylic acids is 1. The van der Waals surface area contributed by atoms with Crippen LogP contribution in [0.25, 0.3) is 0 Å². The average Bonchev–Trinajstić information content (AvgIpc) is 2.83. The molecule has 2 rings (SSSR count). The van der Waals surface area contributed by atoms with Gasteiger partial charge in [0, 0.05) is 6.07 Å². The molecule has 0 aliphatic heterocycles. The van der Waals surface area contributed by atoms with Crippen LogP contribution in [0.1, 0.15) is 27.9 Å². The molecule has 19 heavy (non-hydrogen) atoms. The van der Waals surface area contributed by atoms with Gasteiger partial charge in [0.15, 0.2) is 11.7 Å². The molecular formula is C13H12N2O4. The van der Waals surface area contributed by atoms with Crippen molar-refractivity contribution in [3.63, 3.8) is 0 Å². The molecule has 0 fully saturated rings. The van der Waals surface area contributed by atoms with Gasteiger partial charge in [0.1, 0.15) is 5.76 Å². The van der Waals surface area contributed by atoms with Crippen molar-refractivity contribution in [3.8, 4) is 0 Å². The van der Waals surface area contributed by atoms with Crippen LogP contribution in [0.4, 0.5) is 0 Å². The lowest BCUT2D eigenvalue weighted by Gasteiger charge is -2.13. The number of carbonyl (C=O) groups is 2. The fourth-order valence-corrected chi connectivity index (χ4v) is 1.61. The van der Waals surface area contributed by atoms with Gasteiger partial charge < -0.3 is 14.9 Å². The molecule has 1 atom stereocenters. The zero-order chi connectivity index (χ0) is 13.8.